The number of benzene rings is 2. The van der Waals surface area contributed by atoms with Crippen LogP contribution in [0.25, 0.3) is 5.69 Å². The van der Waals surface area contributed by atoms with Crippen molar-refractivity contribution in [2.75, 3.05) is 7.11 Å². The Balaban J connectivity index is 1.94. The third-order valence-electron chi connectivity index (χ3n) is 4.09. The summed E-state index contributed by atoms with van der Waals surface area (Å²) in [4.78, 5) is 23.7. The summed E-state index contributed by atoms with van der Waals surface area (Å²) < 4.78 is 6.69. The number of carbonyl (C=O) groups is 1. The monoisotopic (exact) mass is 338 g/mol. The smallest absolute Gasteiger partial charge is 0.335 e. The van der Waals surface area contributed by atoms with Gasteiger partial charge in [-0.25, -0.2) is 9.48 Å². The SMILES string of the molecule is COc1cccc(-n2[nH]c(C)c(Cc3ccc(C(=O)O)cc3)c2=O)c1. The molecule has 3 rings (SSSR count). The van der Waals surface area contributed by atoms with Gasteiger partial charge in [0.25, 0.3) is 5.56 Å². The van der Waals surface area contributed by atoms with E-state index in [0.29, 0.717) is 23.4 Å². The van der Waals surface area contributed by atoms with Crippen LogP contribution >= 0.6 is 0 Å². The third kappa shape index (κ3) is 3.33. The van der Waals surface area contributed by atoms with E-state index < -0.39 is 5.97 Å². The number of aromatic amines is 1. The van der Waals surface area contributed by atoms with Gasteiger partial charge in [0.1, 0.15) is 5.75 Å². The van der Waals surface area contributed by atoms with Crippen LogP contribution in [-0.2, 0) is 6.42 Å². The first kappa shape index (κ1) is 16.6. The zero-order valence-electron chi connectivity index (χ0n) is 13.9. The maximum Gasteiger partial charge on any atom is 0.335 e. The molecule has 3 aromatic rings. The first-order valence-electron chi connectivity index (χ1n) is 7.76. The number of hydrogen-bond donors (Lipinski definition) is 2. The molecule has 25 heavy (non-hydrogen) atoms. The molecule has 0 atom stereocenters. The zero-order valence-corrected chi connectivity index (χ0v) is 13.9. The van der Waals surface area contributed by atoms with Crippen molar-refractivity contribution in [1.29, 1.82) is 0 Å². The first-order chi connectivity index (χ1) is 12.0. The molecule has 0 bridgehead atoms. The van der Waals surface area contributed by atoms with Gasteiger partial charge in [-0.15, -0.1) is 0 Å². The number of nitrogens with one attached hydrogen (secondary N) is 1. The molecule has 128 valence electrons. The van der Waals surface area contributed by atoms with Crippen molar-refractivity contribution in [1.82, 2.24) is 9.78 Å². The van der Waals surface area contributed by atoms with Crippen molar-refractivity contribution in [3.8, 4) is 11.4 Å². The molecule has 1 heterocycles. The summed E-state index contributed by atoms with van der Waals surface area (Å²) >= 11 is 0. The van der Waals surface area contributed by atoms with E-state index in [4.69, 9.17) is 9.84 Å². The van der Waals surface area contributed by atoms with Crippen molar-refractivity contribution >= 4 is 5.97 Å². The number of carboxylic acid groups (broad SMARTS) is 1. The zero-order chi connectivity index (χ0) is 18.0. The van der Waals surface area contributed by atoms with Gasteiger partial charge in [-0.1, -0.05) is 18.2 Å². The van der Waals surface area contributed by atoms with Crippen LogP contribution in [0.3, 0.4) is 0 Å². The number of nitrogens with zero attached hydrogens (tertiary/aromatic N) is 1. The number of carboxylic acids is 1. The Bertz CT molecular complexity index is 968. The van der Waals surface area contributed by atoms with E-state index >= 15 is 0 Å². The summed E-state index contributed by atoms with van der Waals surface area (Å²) in [6, 6.07) is 13.8. The highest BCUT2D eigenvalue weighted by Gasteiger charge is 2.14. The molecule has 0 saturated carbocycles. The average molecular weight is 338 g/mol. The molecule has 0 fully saturated rings. The van der Waals surface area contributed by atoms with E-state index in [0.717, 1.165) is 11.3 Å². The quantitative estimate of drug-likeness (QED) is 0.749. The number of aromatic carboxylic acids is 1. The molecule has 0 aliphatic carbocycles. The fraction of sp³-hybridized carbons (Fsp3) is 0.158. The Labute approximate surface area is 144 Å². The number of ether oxygens (including phenoxy) is 1. The summed E-state index contributed by atoms with van der Waals surface area (Å²) in [5, 5.41) is 12.0. The third-order valence-corrected chi connectivity index (χ3v) is 4.09. The van der Waals surface area contributed by atoms with Crippen LogP contribution in [0.2, 0.25) is 0 Å². The van der Waals surface area contributed by atoms with Crippen LogP contribution in [-0.4, -0.2) is 28.0 Å². The minimum absolute atomic E-state index is 0.131. The maximum atomic E-state index is 12.8. The lowest BCUT2D eigenvalue weighted by atomic mass is 10.0. The average Bonchev–Trinajstić information content (AvgIpc) is 2.90. The van der Waals surface area contributed by atoms with Gasteiger partial charge in [0.15, 0.2) is 0 Å². The van der Waals surface area contributed by atoms with Crippen LogP contribution in [0, 0.1) is 6.92 Å². The molecule has 2 N–H and O–H groups in total. The summed E-state index contributed by atoms with van der Waals surface area (Å²) in [6.45, 7) is 1.85. The van der Waals surface area contributed by atoms with Gasteiger partial charge in [-0.05, 0) is 36.8 Å². The molecule has 6 heteroatoms. The highest BCUT2D eigenvalue weighted by molar-refractivity contribution is 5.87. The van der Waals surface area contributed by atoms with Crippen LogP contribution in [0.5, 0.6) is 5.75 Å². The molecule has 0 radical (unpaired) electrons. The number of methoxy groups -OCH3 is 1. The molecule has 6 nitrogen and oxygen atoms in total. The number of hydrogen-bond acceptors (Lipinski definition) is 3. The Morgan fingerprint density at radius 1 is 1.20 bits per heavy atom. The maximum absolute atomic E-state index is 12.8. The predicted molar refractivity (Wildman–Crippen MR) is 93.9 cm³/mol. The number of aromatic nitrogens is 2. The van der Waals surface area contributed by atoms with Crippen molar-refractivity contribution < 1.29 is 14.6 Å². The van der Waals surface area contributed by atoms with Crippen LogP contribution < -0.4 is 10.3 Å². The Morgan fingerprint density at radius 3 is 2.56 bits per heavy atom. The molecule has 0 spiro atoms. The Morgan fingerprint density at radius 2 is 1.92 bits per heavy atom. The number of rotatable bonds is 5. The predicted octanol–water partition coefficient (Wildman–Crippen LogP) is 2.77. The highest BCUT2D eigenvalue weighted by Crippen LogP contribution is 2.17. The molecule has 0 aliphatic rings. The molecular weight excluding hydrogens is 320 g/mol. The second kappa shape index (κ2) is 6.68. The number of H-pyrrole nitrogens is 1. The number of aryl methyl sites for hydroxylation is 1. The Hall–Kier alpha value is -3.28. The molecule has 0 saturated heterocycles. The highest BCUT2D eigenvalue weighted by atomic mass is 16.5. The summed E-state index contributed by atoms with van der Waals surface area (Å²) in [5.74, 6) is -0.299. The van der Waals surface area contributed by atoms with Gasteiger partial charge >= 0.3 is 5.97 Å². The summed E-state index contributed by atoms with van der Waals surface area (Å²) in [7, 11) is 1.58. The van der Waals surface area contributed by atoms with E-state index in [1.54, 1.807) is 37.4 Å². The normalized spacial score (nSPS) is 10.6. The van der Waals surface area contributed by atoms with E-state index in [1.807, 2.05) is 25.1 Å². The minimum Gasteiger partial charge on any atom is -0.497 e. The van der Waals surface area contributed by atoms with Gasteiger partial charge in [0.05, 0.1) is 18.4 Å². The second-order valence-electron chi connectivity index (χ2n) is 5.74. The van der Waals surface area contributed by atoms with E-state index in [1.165, 1.54) is 4.68 Å². The van der Waals surface area contributed by atoms with Crippen LogP contribution in [0.15, 0.2) is 53.3 Å². The molecule has 0 amide bonds. The fourth-order valence-electron chi connectivity index (χ4n) is 2.69. The van der Waals surface area contributed by atoms with Gasteiger partial charge in [-0.3, -0.25) is 9.89 Å². The fourth-order valence-corrected chi connectivity index (χ4v) is 2.69. The van der Waals surface area contributed by atoms with Gasteiger partial charge in [-0.2, -0.15) is 0 Å². The minimum atomic E-state index is -0.968. The standard InChI is InChI=1S/C19H18N2O4/c1-12-17(10-13-6-8-14(9-7-13)19(23)24)18(22)21(20-12)15-4-3-5-16(11-15)25-2/h3-9,11,20H,10H2,1-2H3,(H,23,24). The second-order valence-corrected chi connectivity index (χ2v) is 5.74. The summed E-state index contributed by atoms with van der Waals surface area (Å²) in [5.41, 5.74) is 3.08. The van der Waals surface area contributed by atoms with Gasteiger partial charge in [0.2, 0.25) is 0 Å². The summed E-state index contributed by atoms with van der Waals surface area (Å²) in [6.07, 6.45) is 0.429. The van der Waals surface area contributed by atoms with E-state index in [2.05, 4.69) is 5.10 Å². The van der Waals surface area contributed by atoms with E-state index in [-0.39, 0.29) is 11.1 Å². The van der Waals surface area contributed by atoms with Gasteiger partial charge in [0, 0.05) is 23.7 Å². The van der Waals surface area contributed by atoms with Crippen LogP contribution in [0.4, 0.5) is 0 Å². The molecule has 0 unspecified atom stereocenters. The molecular formula is C19H18N2O4. The molecule has 0 aliphatic heterocycles. The van der Waals surface area contributed by atoms with E-state index in [9.17, 15) is 9.59 Å². The lowest BCUT2D eigenvalue weighted by molar-refractivity contribution is 0.0697. The first-order valence-corrected chi connectivity index (χ1v) is 7.76. The van der Waals surface area contributed by atoms with Crippen LogP contribution in [0.1, 0.15) is 27.2 Å². The Kier molecular flexibility index (Phi) is 4.43. The van der Waals surface area contributed by atoms with Crippen molar-refractivity contribution in [2.24, 2.45) is 0 Å². The lowest BCUT2D eigenvalue weighted by Gasteiger charge is -2.04. The van der Waals surface area contributed by atoms with Gasteiger partial charge < -0.3 is 9.84 Å². The molecule has 2 aromatic carbocycles. The van der Waals surface area contributed by atoms with Crippen molar-refractivity contribution in [2.45, 2.75) is 13.3 Å². The largest absolute Gasteiger partial charge is 0.497 e. The van der Waals surface area contributed by atoms with Crippen molar-refractivity contribution in [3.63, 3.8) is 0 Å². The van der Waals surface area contributed by atoms with Crippen molar-refractivity contribution in [3.05, 3.63) is 81.3 Å². The molecule has 1 aromatic heterocycles. The topological polar surface area (TPSA) is 84.3 Å². The lowest BCUT2D eigenvalue weighted by Crippen LogP contribution is -2.17.